The van der Waals surface area contributed by atoms with Crippen molar-refractivity contribution < 1.29 is 14.3 Å². The molecular formula is C12H16N2O3S. The highest BCUT2D eigenvalue weighted by molar-refractivity contribution is 7.13. The first-order valence-electron chi connectivity index (χ1n) is 5.40. The zero-order valence-corrected chi connectivity index (χ0v) is 11.5. The topological polar surface area (TPSA) is 68.3 Å². The maximum absolute atomic E-state index is 11.4. The highest BCUT2D eigenvalue weighted by Gasteiger charge is 2.16. The van der Waals surface area contributed by atoms with Crippen LogP contribution < -0.4 is 5.32 Å². The molecule has 0 fully saturated rings. The Kier molecular flexibility index (Phi) is 4.61. The Balaban J connectivity index is 2.49. The first-order valence-corrected chi connectivity index (χ1v) is 6.22. The molecule has 0 bridgehead atoms. The average molecular weight is 268 g/mol. The van der Waals surface area contributed by atoms with Gasteiger partial charge in [-0.1, -0.05) is 6.58 Å². The van der Waals surface area contributed by atoms with Gasteiger partial charge in [-0.2, -0.15) is 0 Å². The van der Waals surface area contributed by atoms with Crippen LogP contribution in [-0.2, 0) is 11.3 Å². The lowest BCUT2D eigenvalue weighted by Gasteiger charge is -2.19. The van der Waals surface area contributed by atoms with Gasteiger partial charge < -0.3 is 10.1 Å². The van der Waals surface area contributed by atoms with Crippen LogP contribution in [0.1, 0.15) is 35.5 Å². The maximum atomic E-state index is 11.4. The van der Waals surface area contributed by atoms with E-state index in [2.05, 4.69) is 16.9 Å². The fourth-order valence-corrected chi connectivity index (χ4v) is 1.86. The Hall–Kier alpha value is -1.69. The van der Waals surface area contributed by atoms with Crippen molar-refractivity contribution in [2.24, 2.45) is 0 Å². The number of carbonyl (C=O) groups excluding carboxylic acids is 2. The zero-order valence-electron chi connectivity index (χ0n) is 10.6. The molecular weight excluding hydrogens is 252 g/mol. The average Bonchev–Trinajstić information content (AvgIpc) is 2.71. The summed E-state index contributed by atoms with van der Waals surface area (Å²) in [5, 5.41) is 3.22. The first kappa shape index (κ1) is 14.4. The van der Waals surface area contributed by atoms with Crippen molar-refractivity contribution in [3.8, 4) is 0 Å². The smallest absolute Gasteiger partial charge is 0.408 e. The van der Waals surface area contributed by atoms with Crippen LogP contribution in [0.5, 0.6) is 0 Å². The Morgan fingerprint density at radius 3 is 2.78 bits per heavy atom. The minimum Gasteiger partial charge on any atom is -0.444 e. The Bertz CT molecular complexity index is 460. The molecule has 1 rings (SSSR count). The van der Waals surface area contributed by atoms with Crippen molar-refractivity contribution in [2.45, 2.75) is 32.9 Å². The summed E-state index contributed by atoms with van der Waals surface area (Å²) in [7, 11) is 0. The Labute approximate surface area is 110 Å². The molecule has 0 aliphatic rings. The number of nitrogens with one attached hydrogen (secondary N) is 1. The van der Waals surface area contributed by atoms with Gasteiger partial charge in [-0.15, -0.1) is 11.3 Å². The van der Waals surface area contributed by atoms with Crippen LogP contribution in [0.25, 0.3) is 0 Å². The van der Waals surface area contributed by atoms with Crippen LogP contribution >= 0.6 is 11.3 Å². The molecule has 1 aromatic heterocycles. The molecule has 5 nitrogen and oxygen atoms in total. The summed E-state index contributed by atoms with van der Waals surface area (Å²) in [5.41, 5.74) is -0.531. The van der Waals surface area contributed by atoms with E-state index in [0.29, 0.717) is 9.88 Å². The van der Waals surface area contributed by atoms with Crippen molar-refractivity contribution in [3.05, 3.63) is 28.7 Å². The standard InChI is InChI=1S/C12H16N2O3S/c1-5-8(15)9-6-13-10(18-9)7-14-11(16)17-12(2,3)4/h5-6H,1,7H2,2-4H3,(H,14,16). The van der Waals surface area contributed by atoms with E-state index in [4.69, 9.17) is 4.74 Å². The zero-order chi connectivity index (χ0) is 13.8. The second-order valence-corrected chi connectivity index (χ2v) is 5.66. The number of alkyl carbamates (subject to hydrolysis) is 1. The van der Waals surface area contributed by atoms with Crippen LogP contribution in [0.15, 0.2) is 18.9 Å². The summed E-state index contributed by atoms with van der Waals surface area (Å²) >= 11 is 1.22. The van der Waals surface area contributed by atoms with Gasteiger partial charge in [0, 0.05) is 6.20 Å². The number of ketones is 1. The van der Waals surface area contributed by atoms with E-state index < -0.39 is 11.7 Å². The molecule has 0 saturated heterocycles. The molecule has 0 atom stereocenters. The Morgan fingerprint density at radius 2 is 2.22 bits per heavy atom. The van der Waals surface area contributed by atoms with Crippen LogP contribution in [-0.4, -0.2) is 22.5 Å². The van der Waals surface area contributed by atoms with Gasteiger partial charge in [0.25, 0.3) is 0 Å². The normalized spacial score (nSPS) is 10.8. The molecule has 1 heterocycles. The van der Waals surface area contributed by atoms with Crippen LogP contribution in [0.2, 0.25) is 0 Å². The van der Waals surface area contributed by atoms with Crippen LogP contribution in [0.3, 0.4) is 0 Å². The van der Waals surface area contributed by atoms with E-state index in [9.17, 15) is 9.59 Å². The predicted octanol–water partition coefficient (Wildman–Crippen LogP) is 2.54. The summed E-state index contributed by atoms with van der Waals surface area (Å²) in [4.78, 5) is 27.2. The van der Waals surface area contributed by atoms with Crippen molar-refractivity contribution >= 4 is 23.2 Å². The molecule has 0 aliphatic heterocycles. The predicted molar refractivity (Wildman–Crippen MR) is 69.7 cm³/mol. The minimum absolute atomic E-state index is 0.170. The van der Waals surface area contributed by atoms with Crippen LogP contribution in [0.4, 0.5) is 4.79 Å². The van der Waals surface area contributed by atoms with Gasteiger partial charge in [-0.05, 0) is 26.8 Å². The number of allylic oxidation sites excluding steroid dienone is 1. The van der Waals surface area contributed by atoms with Gasteiger partial charge in [0.1, 0.15) is 10.6 Å². The molecule has 0 saturated carbocycles. The van der Waals surface area contributed by atoms with Crippen molar-refractivity contribution in [1.29, 1.82) is 0 Å². The molecule has 18 heavy (non-hydrogen) atoms. The van der Waals surface area contributed by atoms with Gasteiger partial charge in [0.15, 0.2) is 5.78 Å². The van der Waals surface area contributed by atoms with E-state index in [-0.39, 0.29) is 12.3 Å². The number of aromatic nitrogens is 1. The minimum atomic E-state index is -0.531. The van der Waals surface area contributed by atoms with E-state index in [1.165, 1.54) is 23.6 Å². The van der Waals surface area contributed by atoms with Crippen molar-refractivity contribution in [2.75, 3.05) is 0 Å². The summed E-state index contributed by atoms with van der Waals surface area (Å²) in [6.45, 7) is 9.01. The number of hydrogen-bond donors (Lipinski definition) is 1. The number of rotatable bonds is 4. The fraction of sp³-hybridized carbons (Fsp3) is 0.417. The number of hydrogen-bond acceptors (Lipinski definition) is 5. The number of amides is 1. The molecule has 0 unspecified atom stereocenters. The maximum Gasteiger partial charge on any atom is 0.408 e. The van der Waals surface area contributed by atoms with Gasteiger partial charge in [-0.3, -0.25) is 4.79 Å². The molecule has 0 aliphatic carbocycles. The molecule has 0 radical (unpaired) electrons. The molecule has 98 valence electrons. The third-order valence-corrected chi connectivity index (χ3v) is 2.78. The lowest BCUT2D eigenvalue weighted by atomic mass is 10.2. The van der Waals surface area contributed by atoms with Crippen molar-refractivity contribution in [1.82, 2.24) is 10.3 Å². The lowest BCUT2D eigenvalue weighted by Crippen LogP contribution is -2.32. The summed E-state index contributed by atoms with van der Waals surface area (Å²) < 4.78 is 5.08. The fourth-order valence-electron chi connectivity index (χ4n) is 1.07. The van der Waals surface area contributed by atoms with Gasteiger partial charge in [-0.25, -0.2) is 9.78 Å². The molecule has 6 heteroatoms. The number of ether oxygens (including phenoxy) is 1. The second-order valence-electron chi connectivity index (χ2n) is 4.54. The largest absolute Gasteiger partial charge is 0.444 e. The number of carbonyl (C=O) groups is 2. The first-order chi connectivity index (χ1) is 8.31. The van der Waals surface area contributed by atoms with Gasteiger partial charge in [0.2, 0.25) is 0 Å². The third-order valence-electron chi connectivity index (χ3n) is 1.76. The van der Waals surface area contributed by atoms with E-state index in [1.807, 2.05) is 0 Å². The highest BCUT2D eigenvalue weighted by atomic mass is 32.1. The van der Waals surface area contributed by atoms with E-state index in [1.54, 1.807) is 20.8 Å². The summed E-state index contributed by atoms with van der Waals surface area (Å²) in [6, 6.07) is 0. The van der Waals surface area contributed by atoms with Crippen LogP contribution in [0, 0.1) is 0 Å². The SMILES string of the molecule is C=CC(=O)c1cnc(CNC(=O)OC(C)(C)C)s1. The lowest BCUT2D eigenvalue weighted by molar-refractivity contribution is 0.0523. The highest BCUT2D eigenvalue weighted by Crippen LogP contribution is 2.14. The monoisotopic (exact) mass is 268 g/mol. The second kappa shape index (κ2) is 5.77. The van der Waals surface area contributed by atoms with Crippen molar-refractivity contribution in [3.63, 3.8) is 0 Å². The van der Waals surface area contributed by atoms with E-state index in [0.717, 1.165) is 0 Å². The van der Waals surface area contributed by atoms with Gasteiger partial charge in [0.05, 0.1) is 11.4 Å². The quantitative estimate of drug-likeness (QED) is 0.673. The third kappa shape index (κ3) is 4.67. The molecule has 1 aromatic rings. The number of thiazole rings is 1. The summed E-state index contributed by atoms with van der Waals surface area (Å²) in [5.74, 6) is -0.170. The summed E-state index contributed by atoms with van der Waals surface area (Å²) in [6.07, 6.45) is 2.20. The Morgan fingerprint density at radius 1 is 1.56 bits per heavy atom. The molecule has 1 amide bonds. The van der Waals surface area contributed by atoms with E-state index >= 15 is 0 Å². The molecule has 0 aromatic carbocycles. The molecule has 0 spiro atoms. The molecule has 1 N–H and O–H groups in total. The number of nitrogens with zero attached hydrogens (tertiary/aromatic N) is 1. The van der Waals surface area contributed by atoms with Gasteiger partial charge >= 0.3 is 6.09 Å².